The topological polar surface area (TPSA) is 7.12 Å². The van der Waals surface area contributed by atoms with Crippen LogP contribution in [-0.2, 0) is 7.05 Å². The van der Waals surface area contributed by atoms with E-state index in [1.165, 1.54) is 16.6 Å². The smallest absolute Gasteiger partial charge is 0.403 e. The highest BCUT2D eigenvalue weighted by Crippen LogP contribution is 2.13. The third-order valence-electron chi connectivity index (χ3n) is 4.23. The number of nitrogens with zero attached hydrogens (tertiary/aromatic N) is 2. The summed E-state index contributed by atoms with van der Waals surface area (Å²) in [5, 5.41) is 0. The maximum absolute atomic E-state index is 8.31. The highest BCUT2D eigenvalue weighted by molar-refractivity contribution is 6.82. The molecule has 2 nitrogen and oxygen atoms in total. The van der Waals surface area contributed by atoms with Crippen molar-refractivity contribution in [2.75, 3.05) is 7.05 Å². The maximum Gasteiger partial charge on any atom is 0.403 e. The van der Waals surface area contributed by atoms with Gasteiger partial charge in [-0.1, -0.05) is 38.1 Å². The molecule has 3 rings (SSSR count). The molecule has 0 N–H and O–H groups in total. The monoisotopic (exact) mass is 278 g/mol. The Balaban J connectivity index is 2.16. The van der Waals surface area contributed by atoms with Gasteiger partial charge < -0.3 is 4.81 Å². The molecule has 0 unspecified atom stereocenters. The largest absolute Gasteiger partial charge is 0.411 e. The summed E-state index contributed by atoms with van der Waals surface area (Å²) < 4.78 is 10.5. The summed E-state index contributed by atoms with van der Waals surface area (Å²) in [6, 6.07) is 12.7. The predicted molar refractivity (Wildman–Crippen MR) is 90.0 cm³/mol. The molecule has 0 saturated heterocycles. The lowest BCUT2D eigenvalue weighted by Crippen LogP contribution is -2.65. The molecule has 0 atom stereocenters. The van der Waals surface area contributed by atoms with E-state index >= 15 is 0 Å². The van der Waals surface area contributed by atoms with Crippen molar-refractivity contribution in [1.82, 2.24) is 4.81 Å². The van der Waals surface area contributed by atoms with Crippen LogP contribution in [-0.4, -0.2) is 18.7 Å². The van der Waals surface area contributed by atoms with E-state index in [9.17, 15) is 0 Å². The molecular formula is C18H22BN2+. The fraction of sp³-hybridized carbons (Fsp3) is 0.278. The van der Waals surface area contributed by atoms with Gasteiger partial charge in [0.1, 0.15) is 7.05 Å². The number of fused-ring (bicyclic) bond motifs is 1. The van der Waals surface area contributed by atoms with E-state index in [-0.39, 0.29) is 6.85 Å². The van der Waals surface area contributed by atoms with Crippen LogP contribution in [0.25, 0.3) is 6.08 Å². The molecule has 0 spiro atoms. The van der Waals surface area contributed by atoms with Gasteiger partial charge in [-0.15, -0.1) is 0 Å². The molecule has 106 valence electrons. The normalized spacial score (nSPS) is 15.0. The Morgan fingerprint density at radius 2 is 2.00 bits per heavy atom. The second-order valence-corrected chi connectivity index (χ2v) is 5.96. The van der Waals surface area contributed by atoms with Crippen molar-refractivity contribution < 1.29 is 5.94 Å². The van der Waals surface area contributed by atoms with Crippen LogP contribution in [0.5, 0.6) is 0 Å². The molecule has 0 radical (unpaired) electrons. The van der Waals surface area contributed by atoms with Crippen LogP contribution in [0.3, 0.4) is 0 Å². The number of aryl methyl sites for hydroxylation is 1. The van der Waals surface area contributed by atoms with Gasteiger partial charge in [-0.3, -0.25) is 0 Å². The summed E-state index contributed by atoms with van der Waals surface area (Å²) in [6.45, 7) is 4.04. The summed E-state index contributed by atoms with van der Waals surface area (Å²) in [5.74, 6) is -0.592. The van der Waals surface area contributed by atoms with Crippen LogP contribution >= 0.6 is 0 Å². The third-order valence-corrected chi connectivity index (χ3v) is 4.23. The Bertz CT molecular complexity index is 734. The molecular weight excluding hydrogens is 255 g/mol. The van der Waals surface area contributed by atoms with Gasteiger partial charge in [0.05, 0.1) is 0 Å². The van der Waals surface area contributed by atoms with E-state index in [1.54, 1.807) is 0 Å². The Kier molecular flexibility index (Phi) is 3.26. The summed E-state index contributed by atoms with van der Waals surface area (Å²) in [6.07, 6.45) is 6.35. The predicted octanol–water partition coefficient (Wildman–Crippen LogP) is 1.66. The second kappa shape index (κ2) is 5.40. The van der Waals surface area contributed by atoms with Gasteiger partial charge in [0.2, 0.25) is 0 Å². The molecule has 1 aromatic heterocycles. The van der Waals surface area contributed by atoms with Crippen LogP contribution in [0.4, 0.5) is 0 Å². The van der Waals surface area contributed by atoms with Crippen LogP contribution in [0.15, 0.2) is 48.8 Å². The minimum Gasteiger partial charge on any atom is -0.411 e. The standard InChI is InChI=1S/C18H22BN2/c1-14(2)16-9-11-20(3)18(13-16)19-17-8-6-5-7-15(17)10-12-21(19)4/h5-14H,1-4H3/q+1/i14D. The zero-order chi connectivity index (χ0) is 15.9. The lowest BCUT2D eigenvalue weighted by atomic mass is 9.49. The summed E-state index contributed by atoms with van der Waals surface area (Å²) >= 11 is 0. The minimum absolute atomic E-state index is 0.175. The molecule has 0 saturated carbocycles. The van der Waals surface area contributed by atoms with E-state index < -0.39 is 5.89 Å². The molecule has 0 aliphatic carbocycles. The van der Waals surface area contributed by atoms with Gasteiger partial charge in [-0.25, -0.2) is 4.57 Å². The van der Waals surface area contributed by atoms with Crippen molar-refractivity contribution in [2.45, 2.75) is 19.7 Å². The first-order chi connectivity index (χ1) is 10.4. The molecule has 3 heteroatoms. The van der Waals surface area contributed by atoms with Gasteiger partial charge in [-0.05, 0) is 41.8 Å². The Morgan fingerprint density at radius 3 is 2.76 bits per heavy atom. The number of aromatic nitrogens is 1. The lowest BCUT2D eigenvalue weighted by molar-refractivity contribution is -0.654. The Morgan fingerprint density at radius 1 is 1.24 bits per heavy atom. The number of pyridine rings is 1. The van der Waals surface area contributed by atoms with Gasteiger partial charge in [0.15, 0.2) is 11.8 Å². The zero-order valence-corrected chi connectivity index (χ0v) is 13.2. The number of benzene rings is 1. The van der Waals surface area contributed by atoms with Gasteiger partial charge >= 0.3 is 6.85 Å². The minimum atomic E-state index is -0.592. The number of rotatable bonds is 2. The maximum atomic E-state index is 8.31. The third kappa shape index (κ3) is 2.48. The summed E-state index contributed by atoms with van der Waals surface area (Å²) in [5.41, 5.74) is 4.82. The van der Waals surface area contributed by atoms with Crippen LogP contribution in [0, 0.1) is 0 Å². The first kappa shape index (κ1) is 12.7. The summed E-state index contributed by atoms with van der Waals surface area (Å²) in [4.78, 5) is 2.23. The average molecular weight is 278 g/mol. The SMILES string of the molecule is [2H]C(C)(C)c1cc[n+](C)c(B2c3ccccc3C=CN2C)c1. The first-order valence-corrected chi connectivity index (χ1v) is 7.37. The first-order valence-electron chi connectivity index (χ1n) is 7.87. The Hall–Kier alpha value is -2.03. The molecule has 1 aliphatic rings. The average Bonchev–Trinajstić information content (AvgIpc) is 2.47. The molecule has 0 fully saturated rings. The lowest BCUT2D eigenvalue weighted by Gasteiger charge is -2.27. The number of hydrogen-bond donors (Lipinski definition) is 0. The quantitative estimate of drug-likeness (QED) is 0.598. The highest BCUT2D eigenvalue weighted by Gasteiger charge is 2.35. The van der Waals surface area contributed by atoms with Crippen LogP contribution in [0.2, 0.25) is 0 Å². The van der Waals surface area contributed by atoms with Crippen molar-refractivity contribution in [1.29, 1.82) is 0 Å². The van der Waals surface area contributed by atoms with Crippen LogP contribution < -0.4 is 15.6 Å². The van der Waals surface area contributed by atoms with Crippen molar-refractivity contribution in [3.8, 4) is 0 Å². The molecule has 1 aromatic carbocycles. The zero-order valence-electron chi connectivity index (χ0n) is 14.2. The highest BCUT2D eigenvalue weighted by atomic mass is 15.0. The van der Waals surface area contributed by atoms with E-state index in [0.717, 1.165) is 5.56 Å². The van der Waals surface area contributed by atoms with E-state index in [2.05, 4.69) is 72.3 Å². The van der Waals surface area contributed by atoms with Gasteiger partial charge in [-0.2, -0.15) is 0 Å². The van der Waals surface area contributed by atoms with Crippen molar-refractivity contribution in [3.05, 3.63) is 59.9 Å². The van der Waals surface area contributed by atoms with E-state index in [0.29, 0.717) is 0 Å². The molecule has 0 amide bonds. The van der Waals surface area contributed by atoms with Crippen molar-refractivity contribution in [2.24, 2.45) is 7.05 Å². The fourth-order valence-electron chi connectivity index (χ4n) is 2.95. The summed E-state index contributed by atoms with van der Waals surface area (Å²) in [7, 11) is 4.18. The van der Waals surface area contributed by atoms with Gasteiger partial charge in [0.25, 0.3) is 0 Å². The second-order valence-electron chi connectivity index (χ2n) is 5.96. The number of hydrogen-bond acceptors (Lipinski definition) is 1. The molecule has 0 bridgehead atoms. The van der Waals surface area contributed by atoms with Crippen LogP contribution in [0.1, 0.15) is 32.2 Å². The molecule has 2 heterocycles. The van der Waals surface area contributed by atoms with E-state index in [4.69, 9.17) is 1.37 Å². The molecule has 1 aliphatic heterocycles. The van der Waals surface area contributed by atoms with E-state index in [1.807, 2.05) is 19.9 Å². The molecule has 21 heavy (non-hydrogen) atoms. The molecule has 2 aromatic rings. The fourth-order valence-corrected chi connectivity index (χ4v) is 2.95. The van der Waals surface area contributed by atoms with Crippen molar-refractivity contribution in [3.63, 3.8) is 0 Å². The Labute approximate surface area is 129 Å². The van der Waals surface area contributed by atoms with Gasteiger partial charge in [0, 0.05) is 13.5 Å². The van der Waals surface area contributed by atoms with Crippen molar-refractivity contribution >= 4 is 24.0 Å².